The van der Waals surface area contributed by atoms with Crippen LogP contribution in [0.2, 0.25) is 0 Å². The van der Waals surface area contributed by atoms with Crippen LogP contribution in [0.1, 0.15) is 55.0 Å². The Morgan fingerprint density at radius 1 is 1.10 bits per heavy atom. The molecule has 0 aliphatic heterocycles. The lowest BCUT2D eigenvalue weighted by Crippen LogP contribution is -2.52. The fourth-order valence-electron chi connectivity index (χ4n) is 3.54. The summed E-state index contributed by atoms with van der Waals surface area (Å²) in [5, 5.41) is 2.88. The number of nitrogens with zero attached hydrogens (tertiary/aromatic N) is 2. The lowest BCUT2D eigenvalue weighted by Gasteiger charge is -2.27. The summed E-state index contributed by atoms with van der Waals surface area (Å²) in [7, 11) is 0. The SMILES string of the molecule is C=C(C)c1cccc(C(C)(C)NC(=O)NNC(=O)c2ccc3c(c2)nc(C)n3CC)c1. The van der Waals surface area contributed by atoms with E-state index in [1.807, 2.05) is 65.0 Å². The minimum absolute atomic E-state index is 0.414. The number of allylic oxidation sites excluding steroid dienone is 1. The van der Waals surface area contributed by atoms with Gasteiger partial charge in [-0.05, 0) is 70.0 Å². The maximum Gasteiger partial charge on any atom is 0.334 e. The van der Waals surface area contributed by atoms with Gasteiger partial charge in [0.2, 0.25) is 0 Å². The Labute approximate surface area is 182 Å². The van der Waals surface area contributed by atoms with Crippen LogP contribution in [0.15, 0.2) is 49.0 Å². The highest BCUT2D eigenvalue weighted by Crippen LogP contribution is 2.23. The van der Waals surface area contributed by atoms with E-state index in [0.717, 1.165) is 40.1 Å². The average Bonchev–Trinajstić information content (AvgIpc) is 3.05. The fraction of sp³-hybridized carbons (Fsp3) is 0.292. The van der Waals surface area contributed by atoms with Crippen LogP contribution in [0.5, 0.6) is 0 Å². The quantitative estimate of drug-likeness (QED) is 0.540. The number of urea groups is 1. The Kier molecular flexibility index (Phi) is 6.15. The maximum absolute atomic E-state index is 12.5. The van der Waals surface area contributed by atoms with Crippen molar-refractivity contribution in [2.24, 2.45) is 0 Å². The van der Waals surface area contributed by atoms with Crippen LogP contribution in [0, 0.1) is 6.92 Å². The van der Waals surface area contributed by atoms with Crippen molar-refractivity contribution in [1.29, 1.82) is 0 Å². The van der Waals surface area contributed by atoms with E-state index in [9.17, 15) is 9.59 Å². The van der Waals surface area contributed by atoms with Gasteiger partial charge in [0.25, 0.3) is 5.91 Å². The smallest absolute Gasteiger partial charge is 0.329 e. The summed E-state index contributed by atoms with van der Waals surface area (Å²) in [4.78, 5) is 29.4. The number of benzene rings is 2. The van der Waals surface area contributed by atoms with E-state index in [2.05, 4.69) is 32.3 Å². The lowest BCUT2D eigenvalue weighted by molar-refractivity contribution is 0.0935. The van der Waals surface area contributed by atoms with Crippen molar-refractivity contribution in [3.63, 3.8) is 0 Å². The summed E-state index contributed by atoms with van der Waals surface area (Å²) in [5.74, 6) is 0.480. The molecule has 1 aromatic heterocycles. The largest absolute Gasteiger partial charge is 0.334 e. The van der Waals surface area contributed by atoms with E-state index in [4.69, 9.17) is 0 Å². The molecule has 0 saturated heterocycles. The molecular formula is C24H29N5O2. The first-order chi connectivity index (χ1) is 14.6. The highest BCUT2D eigenvalue weighted by atomic mass is 16.2. The minimum atomic E-state index is -0.649. The maximum atomic E-state index is 12.5. The first-order valence-electron chi connectivity index (χ1n) is 10.2. The average molecular weight is 420 g/mol. The highest BCUT2D eigenvalue weighted by Gasteiger charge is 2.23. The number of rotatable bonds is 5. The normalized spacial score (nSPS) is 11.3. The third-order valence-electron chi connectivity index (χ3n) is 5.31. The molecule has 0 atom stereocenters. The number of hydrogen-bond donors (Lipinski definition) is 3. The molecule has 7 heteroatoms. The van der Waals surface area contributed by atoms with E-state index in [1.54, 1.807) is 12.1 Å². The van der Waals surface area contributed by atoms with Crippen molar-refractivity contribution < 1.29 is 9.59 Å². The van der Waals surface area contributed by atoms with Crippen LogP contribution < -0.4 is 16.2 Å². The van der Waals surface area contributed by atoms with Gasteiger partial charge >= 0.3 is 6.03 Å². The number of imidazole rings is 1. The van der Waals surface area contributed by atoms with Gasteiger partial charge in [0.05, 0.1) is 16.6 Å². The molecule has 3 amide bonds. The Morgan fingerprint density at radius 3 is 2.52 bits per heavy atom. The van der Waals surface area contributed by atoms with Gasteiger partial charge in [-0.1, -0.05) is 30.4 Å². The molecule has 162 valence electrons. The van der Waals surface area contributed by atoms with Crippen molar-refractivity contribution in [3.8, 4) is 0 Å². The predicted molar refractivity (Wildman–Crippen MR) is 123 cm³/mol. The number of carbonyl (C=O) groups excluding carboxylic acids is 2. The molecule has 1 heterocycles. The first kappa shape index (κ1) is 22.1. The van der Waals surface area contributed by atoms with Crippen LogP contribution in [0.25, 0.3) is 16.6 Å². The van der Waals surface area contributed by atoms with Crippen LogP contribution in [-0.2, 0) is 12.1 Å². The molecule has 3 rings (SSSR count). The zero-order valence-corrected chi connectivity index (χ0v) is 18.7. The Hall–Kier alpha value is -3.61. The molecule has 0 bridgehead atoms. The van der Waals surface area contributed by atoms with Gasteiger partial charge in [0, 0.05) is 12.1 Å². The Morgan fingerprint density at radius 2 is 1.84 bits per heavy atom. The first-order valence-corrected chi connectivity index (χ1v) is 10.2. The van der Waals surface area contributed by atoms with Gasteiger partial charge in [-0.3, -0.25) is 10.2 Å². The molecule has 3 N–H and O–H groups in total. The summed E-state index contributed by atoms with van der Waals surface area (Å²) in [5.41, 5.74) is 9.26. The number of aryl methyl sites for hydroxylation is 2. The number of nitrogens with one attached hydrogen (secondary N) is 3. The lowest BCUT2D eigenvalue weighted by atomic mass is 9.92. The van der Waals surface area contributed by atoms with Gasteiger partial charge in [0.15, 0.2) is 0 Å². The van der Waals surface area contributed by atoms with Gasteiger partial charge in [-0.25, -0.2) is 15.2 Å². The zero-order chi connectivity index (χ0) is 22.8. The van der Waals surface area contributed by atoms with Crippen LogP contribution in [0.3, 0.4) is 0 Å². The minimum Gasteiger partial charge on any atom is -0.329 e. The van der Waals surface area contributed by atoms with Gasteiger partial charge in [-0.2, -0.15) is 0 Å². The number of amides is 3. The molecule has 31 heavy (non-hydrogen) atoms. The highest BCUT2D eigenvalue weighted by molar-refractivity contribution is 5.98. The van der Waals surface area contributed by atoms with Crippen molar-refractivity contribution in [2.45, 2.75) is 46.7 Å². The molecule has 0 fully saturated rings. The van der Waals surface area contributed by atoms with Crippen molar-refractivity contribution in [2.75, 3.05) is 0 Å². The van der Waals surface area contributed by atoms with E-state index < -0.39 is 17.5 Å². The van der Waals surface area contributed by atoms with Crippen molar-refractivity contribution in [1.82, 2.24) is 25.7 Å². The third kappa shape index (κ3) is 4.77. The summed E-state index contributed by atoms with van der Waals surface area (Å²) in [6, 6.07) is 12.6. The number of hydrogen-bond acceptors (Lipinski definition) is 3. The van der Waals surface area contributed by atoms with E-state index >= 15 is 0 Å². The number of fused-ring (bicyclic) bond motifs is 1. The topological polar surface area (TPSA) is 88.1 Å². The Balaban J connectivity index is 1.65. The molecule has 0 radical (unpaired) electrons. The monoisotopic (exact) mass is 419 g/mol. The summed E-state index contributed by atoms with van der Waals surface area (Å²) in [6.45, 7) is 14.5. The summed E-state index contributed by atoms with van der Waals surface area (Å²) in [6.07, 6.45) is 0. The molecule has 0 aliphatic rings. The molecule has 0 spiro atoms. The van der Waals surface area contributed by atoms with Gasteiger partial charge < -0.3 is 9.88 Å². The second-order valence-electron chi connectivity index (χ2n) is 8.13. The van der Waals surface area contributed by atoms with E-state index in [1.165, 1.54) is 0 Å². The molecule has 0 saturated carbocycles. The van der Waals surface area contributed by atoms with E-state index in [-0.39, 0.29) is 0 Å². The summed E-state index contributed by atoms with van der Waals surface area (Å²) >= 11 is 0. The van der Waals surface area contributed by atoms with Crippen LogP contribution in [-0.4, -0.2) is 21.5 Å². The molecule has 3 aromatic rings. The summed E-state index contributed by atoms with van der Waals surface area (Å²) < 4.78 is 2.08. The van der Waals surface area contributed by atoms with Crippen molar-refractivity contribution in [3.05, 3.63) is 71.6 Å². The second-order valence-corrected chi connectivity index (χ2v) is 8.13. The van der Waals surface area contributed by atoms with Crippen LogP contribution >= 0.6 is 0 Å². The van der Waals surface area contributed by atoms with Gasteiger partial charge in [0.1, 0.15) is 5.82 Å². The zero-order valence-electron chi connectivity index (χ0n) is 18.7. The second kappa shape index (κ2) is 8.63. The molecule has 0 aliphatic carbocycles. The van der Waals surface area contributed by atoms with E-state index in [0.29, 0.717) is 5.56 Å². The fourth-order valence-corrected chi connectivity index (χ4v) is 3.54. The molecule has 2 aromatic carbocycles. The number of carbonyl (C=O) groups is 2. The number of aromatic nitrogens is 2. The number of hydrazine groups is 1. The molecular weight excluding hydrogens is 390 g/mol. The Bertz CT molecular complexity index is 1160. The van der Waals surface area contributed by atoms with Gasteiger partial charge in [-0.15, -0.1) is 0 Å². The molecule has 0 unspecified atom stereocenters. The standard InChI is InChI=1S/C24H29N5O2/c1-7-29-16(4)25-20-14-18(11-12-21(20)29)22(30)27-28-23(31)26-24(5,6)19-10-8-9-17(13-19)15(2)3/h8-14H,2,7H2,1,3-6H3,(H,27,30)(H2,26,28,31). The van der Waals surface area contributed by atoms with Crippen LogP contribution in [0.4, 0.5) is 4.79 Å². The predicted octanol–water partition coefficient (Wildman–Crippen LogP) is 4.28. The molecule has 7 nitrogen and oxygen atoms in total. The van der Waals surface area contributed by atoms with Crippen molar-refractivity contribution >= 4 is 28.5 Å². The third-order valence-corrected chi connectivity index (χ3v) is 5.31.